The van der Waals surface area contributed by atoms with Crippen molar-refractivity contribution in [3.05, 3.63) is 35.4 Å². The third-order valence-electron chi connectivity index (χ3n) is 5.80. The smallest absolute Gasteiger partial charge is 0.222 e. The van der Waals surface area contributed by atoms with E-state index in [1.165, 1.54) is 24.0 Å². The van der Waals surface area contributed by atoms with Crippen LogP contribution < -0.4 is 10.9 Å². The number of likely N-dealkylation sites (N-methyl/N-ethyl adjacent to an activating group) is 1. The average Bonchev–Trinajstić information content (AvgIpc) is 3.18. The van der Waals surface area contributed by atoms with Gasteiger partial charge in [0.25, 0.3) is 0 Å². The highest BCUT2D eigenvalue weighted by atomic mass is 16.2. The molecule has 1 heterocycles. The van der Waals surface area contributed by atoms with E-state index in [-0.39, 0.29) is 5.91 Å². The molecule has 2 aliphatic carbocycles. The number of hydrogen-bond acceptors (Lipinski definition) is 3. The molecule has 0 bridgehead atoms. The van der Waals surface area contributed by atoms with Crippen LogP contribution in [0.1, 0.15) is 49.1 Å². The molecule has 1 saturated heterocycles. The third kappa shape index (κ3) is 3.29. The van der Waals surface area contributed by atoms with Crippen molar-refractivity contribution in [3.8, 4) is 0 Å². The molecule has 4 heteroatoms. The molecule has 23 heavy (non-hydrogen) atoms. The summed E-state index contributed by atoms with van der Waals surface area (Å²) in [6, 6.07) is 9.61. The van der Waals surface area contributed by atoms with Crippen LogP contribution in [0, 0.1) is 5.92 Å². The minimum atomic E-state index is 0.281. The largest absolute Gasteiger partial charge is 0.344 e. The lowest BCUT2D eigenvalue weighted by Crippen LogP contribution is -2.41. The van der Waals surface area contributed by atoms with Crippen molar-refractivity contribution in [1.82, 2.24) is 15.8 Å². The Labute approximate surface area is 138 Å². The predicted molar refractivity (Wildman–Crippen MR) is 90.9 cm³/mol. The molecule has 0 aromatic heterocycles. The molecule has 3 unspecified atom stereocenters. The Morgan fingerprint density at radius 1 is 1.22 bits per heavy atom. The lowest BCUT2D eigenvalue weighted by atomic mass is 9.97. The predicted octanol–water partition coefficient (Wildman–Crippen LogP) is 2.21. The molecule has 1 aliphatic heterocycles. The Balaban J connectivity index is 1.29. The molecule has 1 amide bonds. The maximum atomic E-state index is 12.6. The number of carbonyl (C=O) groups excluding carboxylic acids is 1. The van der Waals surface area contributed by atoms with Gasteiger partial charge in [-0.3, -0.25) is 15.6 Å². The van der Waals surface area contributed by atoms with Crippen LogP contribution in [0.15, 0.2) is 24.3 Å². The normalized spacial score (nSPS) is 29.5. The second kappa shape index (κ2) is 6.25. The van der Waals surface area contributed by atoms with Gasteiger partial charge >= 0.3 is 0 Å². The number of benzene rings is 1. The van der Waals surface area contributed by atoms with Crippen LogP contribution in [0.3, 0.4) is 0 Å². The summed E-state index contributed by atoms with van der Waals surface area (Å²) in [7, 11) is 1.95. The zero-order chi connectivity index (χ0) is 15.8. The van der Waals surface area contributed by atoms with Crippen molar-refractivity contribution in [1.29, 1.82) is 0 Å². The van der Waals surface area contributed by atoms with Crippen LogP contribution in [0.25, 0.3) is 0 Å². The molecular formula is C19H27N3O. The maximum Gasteiger partial charge on any atom is 0.222 e. The van der Waals surface area contributed by atoms with Crippen LogP contribution in [0.4, 0.5) is 0 Å². The monoisotopic (exact) mass is 313 g/mol. The van der Waals surface area contributed by atoms with Gasteiger partial charge in [-0.25, -0.2) is 0 Å². The summed E-state index contributed by atoms with van der Waals surface area (Å²) in [5.41, 5.74) is 9.61. The summed E-state index contributed by atoms with van der Waals surface area (Å²) in [4.78, 5) is 14.5. The van der Waals surface area contributed by atoms with Crippen molar-refractivity contribution in [3.63, 3.8) is 0 Å². The standard InChI is InChI=1S/C19H27N3O/c1-22(12-16-11-18(21-20-16)14-7-8-14)19(23)10-15-9-6-13-4-2-3-5-17(13)15/h2-5,14-16,18,20-21H,6-12H2,1H3. The molecule has 124 valence electrons. The zero-order valence-corrected chi connectivity index (χ0v) is 13.9. The summed E-state index contributed by atoms with van der Waals surface area (Å²) < 4.78 is 0. The number of aryl methyl sites for hydroxylation is 1. The molecule has 4 rings (SSSR count). The number of hydrogen-bond donors (Lipinski definition) is 2. The molecule has 3 aliphatic rings. The second-order valence-corrected chi connectivity index (χ2v) is 7.58. The molecule has 4 nitrogen and oxygen atoms in total. The van der Waals surface area contributed by atoms with Crippen molar-refractivity contribution < 1.29 is 4.79 Å². The van der Waals surface area contributed by atoms with Crippen molar-refractivity contribution in [2.75, 3.05) is 13.6 Å². The van der Waals surface area contributed by atoms with Crippen LogP contribution >= 0.6 is 0 Å². The van der Waals surface area contributed by atoms with Crippen molar-refractivity contribution in [2.24, 2.45) is 5.92 Å². The van der Waals surface area contributed by atoms with E-state index in [0.717, 1.165) is 31.7 Å². The molecule has 1 aromatic carbocycles. The van der Waals surface area contributed by atoms with Crippen molar-refractivity contribution >= 4 is 5.91 Å². The SMILES string of the molecule is CN(CC1CC(C2CC2)NN1)C(=O)CC1CCc2ccccc21. The molecule has 0 spiro atoms. The number of nitrogens with one attached hydrogen (secondary N) is 2. The van der Waals surface area contributed by atoms with Gasteiger partial charge in [-0.1, -0.05) is 24.3 Å². The quantitative estimate of drug-likeness (QED) is 0.876. The number of amides is 1. The first kappa shape index (κ1) is 15.2. The lowest BCUT2D eigenvalue weighted by Gasteiger charge is -2.23. The van der Waals surface area contributed by atoms with Gasteiger partial charge in [-0.05, 0) is 55.1 Å². The summed E-state index contributed by atoms with van der Waals surface area (Å²) in [6.07, 6.45) is 6.76. The molecular weight excluding hydrogens is 286 g/mol. The highest BCUT2D eigenvalue weighted by Crippen LogP contribution is 2.36. The lowest BCUT2D eigenvalue weighted by molar-refractivity contribution is -0.130. The van der Waals surface area contributed by atoms with Crippen LogP contribution in [0.5, 0.6) is 0 Å². The number of rotatable bonds is 5. The minimum Gasteiger partial charge on any atom is -0.344 e. The van der Waals surface area contributed by atoms with Gasteiger partial charge in [-0.2, -0.15) is 0 Å². The van der Waals surface area contributed by atoms with E-state index in [0.29, 0.717) is 24.4 Å². The zero-order valence-electron chi connectivity index (χ0n) is 13.9. The first-order valence-electron chi connectivity index (χ1n) is 9.03. The Hall–Kier alpha value is -1.39. The fourth-order valence-corrected chi connectivity index (χ4v) is 4.23. The third-order valence-corrected chi connectivity index (χ3v) is 5.80. The fraction of sp³-hybridized carbons (Fsp3) is 0.632. The van der Waals surface area contributed by atoms with Gasteiger partial charge in [-0.15, -0.1) is 0 Å². The summed E-state index contributed by atoms with van der Waals surface area (Å²) in [5, 5.41) is 0. The first-order chi connectivity index (χ1) is 11.2. The van der Waals surface area contributed by atoms with Gasteiger partial charge < -0.3 is 4.90 Å². The Morgan fingerprint density at radius 3 is 2.87 bits per heavy atom. The van der Waals surface area contributed by atoms with Crippen LogP contribution in [-0.4, -0.2) is 36.5 Å². The van der Waals surface area contributed by atoms with E-state index in [2.05, 4.69) is 35.1 Å². The molecule has 2 fully saturated rings. The molecule has 1 aromatic rings. The van der Waals surface area contributed by atoms with E-state index in [1.54, 1.807) is 0 Å². The van der Waals surface area contributed by atoms with Gasteiger partial charge in [0.05, 0.1) is 0 Å². The van der Waals surface area contributed by atoms with Crippen LogP contribution in [0.2, 0.25) is 0 Å². The molecule has 0 radical (unpaired) electrons. The molecule has 2 N–H and O–H groups in total. The first-order valence-corrected chi connectivity index (χ1v) is 9.03. The molecule has 1 saturated carbocycles. The average molecular weight is 313 g/mol. The van der Waals surface area contributed by atoms with E-state index < -0.39 is 0 Å². The Bertz CT molecular complexity index is 584. The van der Waals surface area contributed by atoms with E-state index >= 15 is 0 Å². The van der Waals surface area contributed by atoms with Gasteiger partial charge in [0.15, 0.2) is 0 Å². The summed E-state index contributed by atoms with van der Waals surface area (Å²) in [6.45, 7) is 0.809. The van der Waals surface area contributed by atoms with Crippen LogP contribution in [-0.2, 0) is 11.2 Å². The van der Waals surface area contributed by atoms with E-state index in [1.807, 2.05) is 11.9 Å². The highest BCUT2D eigenvalue weighted by molar-refractivity contribution is 5.77. The summed E-state index contributed by atoms with van der Waals surface area (Å²) in [5.74, 6) is 1.56. The summed E-state index contributed by atoms with van der Waals surface area (Å²) >= 11 is 0. The highest BCUT2D eigenvalue weighted by Gasteiger charge is 2.37. The Morgan fingerprint density at radius 2 is 2.04 bits per heavy atom. The number of hydrazine groups is 1. The van der Waals surface area contributed by atoms with Gasteiger partial charge in [0.2, 0.25) is 5.91 Å². The maximum absolute atomic E-state index is 12.6. The van der Waals surface area contributed by atoms with Gasteiger partial charge in [0.1, 0.15) is 0 Å². The molecule has 3 atom stereocenters. The number of nitrogens with zero attached hydrogens (tertiary/aromatic N) is 1. The second-order valence-electron chi connectivity index (χ2n) is 7.58. The van der Waals surface area contributed by atoms with Gasteiger partial charge in [0, 0.05) is 32.1 Å². The fourth-order valence-electron chi connectivity index (χ4n) is 4.23. The number of carbonyl (C=O) groups is 1. The number of fused-ring (bicyclic) bond motifs is 1. The van der Waals surface area contributed by atoms with Crippen molar-refractivity contribution in [2.45, 2.75) is 56.5 Å². The van der Waals surface area contributed by atoms with E-state index in [4.69, 9.17) is 0 Å². The topological polar surface area (TPSA) is 44.4 Å². The Kier molecular flexibility index (Phi) is 4.12. The minimum absolute atomic E-state index is 0.281. The van der Waals surface area contributed by atoms with E-state index in [9.17, 15) is 4.79 Å².